The van der Waals surface area contributed by atoms with E-state index < -0.39 is 0 Å². The van der Waals surface area contributed by atoms with E-state index in [0.717, 1.165) is 36.8 Å². The Hall–Kier alpha value is -2.94. The predicted octanol–water partition coefficient (Wildman–Crippen LogP) is 6.06. The maximum Gasteiger partial charge on any atom is 0.121 e. The van der Waals surface area contributed by atoms with E-state index in [-0.39, 0.29) is 22.8 Å². The first-order valence-electron chi connectivity index (χ1n) is 10.3. The minimum absolute atomic E-state index is 0.239. The summed E-state index contributed by atoms with van der Waals surface area (Å²) in [7, 11) is 0. The lowest BCUT2D eigenvalue weighted by atomic mass is 9.57. The highest BCUT2D eigenvalue weighted by molar-refractivity contribution is 5.51. The Labute approximate surface area is 172 Å². The summed E-state index contributed by atoms with van der Waals surface area (Å²) in [6.45, 7) is 3.91. The summed E-state index contributed by atoms with van der Waals surface area (Å²) in [6, 6.07) is 19.4. The molecule has 4 rings (SSSR count). The topological polar surface area (TPSA) is 60.7 Å². The highest BCUT2D eigenvalue weighted by Gasteiger charge is 2.44. The van der Waals surface area contributed by atoms with Gasteiger partial charge in [-0.25, -0.2) is 0 Å². The van der Waals surface area contributed by atoms with Crippen molar-refractivity contribution in [3.63, 3.8) is 0 Å². The average molecular weight is 389 g/mol. The first-order chi connectivity index (χ1) is 13.9. The van der Waals surface area contributed by atoms with Crippen LogP contribution in [0.15, 0.2) is 60.7 Å². The van der Waals surface area contributed by atoms with Gasteiger partial charge in [0.05, 0.1) is 0 Å². The van der Waals surface area contributed by atoms with E-state index in [9.17, 15) is 15.3 Å². The van der Waals surface area contributed by atoms with E-state index in [1.165, 1.54) is 16.7 Å². The van der Waals surface area contributed by atoms with Crippen LogP contribution in [0.4, 0.5) is 0 Å². The van der Waals surface area contributed by atoms with Crippen molar-refractivity contribution in [3.05, 3.63) is 88.5 Å². The fourth-order valence-corrected chi connectivity index (χ4v) is 5.19. The van der Waals surface area contributed by atoms with Crippen molar-refractivity contribution in [2.75, 3.05) is 0 Å². The second-order valence-electron chi connectivity index (χ2n) is 8.37. The van der Waals surface area contributed by atoms with E-state index in [1.54, 1.807) is 24.3 Å². The number of hydrogen-bond donors (Lipinski definition) is 3. The van der Waals surface area contributed by atoms with Gasteiger partial charge in [-0.1, -0.05) is 49.2 Å². The van der Waals surface area contributed by atoms with Gasteiger partial charge in [0, 0.05) is 5.41 Å². The van der Waals surface area contributed by atoms with E-state index in [2.05, 4.69) is 12.1 Å². The lowest BCUT2D eigenvalue weighted by Gasteiger charge is -2.46. The summed E-state index contributed by atoms with van der Waals surface area (Å²) >= 11 is 0. The third kappa shape index (κ3) is 3.35. The summed E-state index contributed by atoms with van der Waals surface area (Å²) in [5.74, 6) is 1.13. The molecule has 150 valence electrons. The Morgan fingerprint density at radius 3 is 1.69 bits per heavy atom. The molecule has 1 unspecified atom stereocenters. The standard InChI is InChI=1S/C26H28O3/c1-17-15-19(16-18(2)25(17)29)24-5-3-4-14-26(24,20-6-10-22(27)11-7-20)21-8-12-23(28)13-9-21/h6-13,15-16,24,27-29H,3-5,14H2,1-2H3. The maximum absolute atomic E-state index is 10.3. The van der Waals surface area contributed by atoms with Gasteiger partial charge >= 0.3 is 0 Å². The number of benzene rings is 3. The molecule has 0 spiro atoms. The molecule has 3 aromatic carbocycles. The van der Waals surface area contributed by atoms with Gasteiger partial charge in [0.2, 0.25) is 0 Å². The Bertz CT molecular complexity index is 935. The molecule has 1 aliphatic rings. The van der Waals surface area contributed by atoms with Crippen LogP contribution in [-0.4, -0.2) is 15.3 Å². The van der Waals surface area contributed by atoms with Crippen LogP contribution in [0.1, 0.15) is 59.4 Å². The van der Waals surface area contributed by atoms with Crippen LogP contribution in [0.2, 0.25) is 0 Å². The Kier molecular flexibility index (Phi) is 4.99. The van der Waals surface area contributed by atoms with Crippen LogP contribution in [0.25, 0.3) is 0 Å². The molecule has 0 aromatic heterocycles. The number of phenols is 3. The zero-order valence-corrected chi connectivity index (χ0v) is 17.0. The van der Waals surface area contributed by atoms with Crippen LogP contribution in [0.3, 0.4) is 0 Å². The fraction of sp³-hybridized carbons (Fsp3) is 0.308. The maximum atomic E-state index is 10.3. The Balaban J connectivity index is 1.96. The number of rotatable bonds is 3. The van der Waals surface area contributed by atoms with Crippen LogP contribution >= 0.6 is 0 Å². The Morgan fingerprint density at radius 1 is 0.724 bits per heavy atom. The minimum atomic E-state index is -0.254. The lowest BCUT2D eigenvalue weighted by molar-refractivity contribution is 0.294. The summed E-state index contributed by atoms with van der Waals surface area (Å²) < 4.78 is 0. The number of phenolic OH excluding ortho intramolecular Hbond substituents is 3. The SMILES string of the molecule is Cc1cc(C2CCCCC2(c2ccc(O)cc2)c2ccc(O)cc2)cc(C)c1O. The van der Waals surface area contributed by atoms with Crippen LogP contribution in [0, 0.1) is 13.8 Å². The van der Waals surface area contributed by atoms with Gasteiger partial charge in [-0.2, -0.15) is 0 Å². The van der Waals surface area contributed by atoms with Gasteiger partial charge in [-0.15, -0.1) is 0 Å². The molecule has 0 aliphatic heterocycles. The van der Waals surface area contributed by atoms with Crippen molar-refractivity contribution in [1.29, 1.82) is 0 Å². The molecule has 29 heavy (non-hydrogen) atoms. The van der Waals surface area contributed by atoms with E-state index in [4.69, 9.17) is 0 Å². The third-order valence-corrected chi connectivity index (χ3v) is 6.59. The molecule has 3 heteroatoms. The van der Waals surface area contributed by atoms with Gasteiger partial charge in [0.15, 0.2) is 0 Å². The van der Waals surface area contributed by atoms with Crippen molar-refractivity contribution in [2.45, 2.75) is 50.9 Å². The van der Waals surface area contributed by atoms with Gasteiger partial charge < -0.3 is 15.3 Å². The molecule has 0 bridgehead atoms. The fourth-order valence-electron chi connectivity index (χ4n) is 5.19. The van der Waals surface area contributed by atoms with Crippen molar-refractivity contribution < 1.29 is 15.3 Å². The first-order valence-corrected chi connectivity index (χ1v) is 10.3. The van der Waals surface area contributed by atoms with Crippen molar-refractivity contribution in [1.82, 2.24) is 0 Å². The molecule has 0 amide bonds. The molecule has 3 N–H and O–H groups in total. The molecule has 0 saturated heterocycles. The average Bonchev–Trinajstić information content (AvgIpc) is 2.72. The smallest absolute Gasteiger partial charge is 0.121 e. The number of aromatic hydroxyl groups is 3. The molecule has 0 heterocycles. The van der Waals surface area contributed by atoms with Gasteiger partial charge in [0.1, 0.15) is 17.2 Å². The monoisotopic (exact) mass is 388 g/mol. The normalized spacial score (nSPS) is 18.5. The molecule has 1 atom stereocenters. The lowest BCUT2D eigenvalue weighted by Crippen LogP contribution is -2.38. The molecule has 3 nitrogen and oxygen atoms in total. The van der Waals surface area contributed by atoms with Crippen molar-refractivity contribution >= 4 is 0 Å². The zero-order chi connectivity index (χ0) is 20.6. The second kappa shape index (κ2) is 7.47. The quantitative estimate of drug-likeness (QED) is 0.511. The highest BCUT2D eigenvalue weighted by Crippen LogP contribution is 2.54. The Morgan fingerprint density at radius 2 is 1.21 bits per heavy atom. The van der Waals surface area contributed by atoms with Gasteiger partial charge in [-0.05, 0) is 84.7 Å². The number of hydrogen-bond acceptors (Lipinski definition) is 3. The third-order valence-electron chi connectivity index (χ3n) is 6.59. The first kappa shape index (κ1) is 19.4. The van der Waals surface area contributed by atoms with E-state index >= 15 is 0 Å². The van der Waals surface area contributed by atoms with Gasteiger partial charge in [0.25, 0.3) is 0 Å². The molecule has 1 fully saturated rings. The molecular formula is C26H28O3. The number of aryl methyl sites for hydroxylation is 2. The zero-order valence-electron chi connectivity index (χ0n) is 17.0. The molecule has 1 aliphatic carbocycles. The molecule has 3 aromatic rings. The van der Waals surface area contributed by atoms with Crippen molar-refractivity contribution in [2.24, 2.45) is 0 Å². The minimum Gasteiger partial charge on any atom is -0.508 e. The van der Waals surface area contributed by atoms with Crippen LogP contribution in [0.5, 0.6) is 17.2 Å². The van der Waals surface area contributed by atoms with E-state index in [1.807, 2.05) is 38.1 Å². The molecular weight excluding hydrogens is 360 g/mol. The summed E-state index contributed by atoms with van der Waals surface area (Å²) in [5.41, 5.74) is 5.13. The highest BCUT2D eigenvalue weighted by atomic mass is 16.3. The summed E-state index contributed by atoms with van der Waals surface area (Å²) in [5, 5.41) is 30.0. The summed E-state index contributed by atoms with van der Waals surface area (Å²) in [6.07, 6.45) is 4.31. The van der Waals surface area contributed by atoms with Crippen molar-refractivity contribution in [3.8, 4) is 17.2 Å². The molecule has 1 saturated carbocycles. The van der Waals surface area contributed by atoms with Crippen LogP contribution in [-0.2, 0) is 5.41 Å². The second-order valence-corrected chi connectivity index (χ2v) is 8.37. The largest absolute Gasteiger partial charge is 0.508 e. The predicted molar refractivity (Wildman–Crippen MR) is 116 cm³/mol. The summed E-state index contributed by atoms with van der Waals surface area (Å²) in [4.78, 5) is 0. The van der Waals surface area contributed by atoms with Gasteiger partial charge in [-0.3, -0.25) is 0 Å². The van der Waals surface area contributed by atoms with Crippen LogP contribution < -0.4 is 0 Å². The molecule has 0 radical (unpaired) electrons. The van der Waals surface area contributed by atoms with E-state index in [0.29, 0.717) is 5.75 Å².